The number of rotatable bonds is 10. The molecule has 3 N–H and O–H groups in total. The van der Waals surface area contributed by atoms with Crippen LogP contribution in [0.15, 0.2) is 24.3 Å². The average molecular weight is 393 g/mol. The molecule has 1 rings (SSSR count). The summed E-state index contributed by atoms with van der Waals surface area (Å²) in [5.74, 6) is -0.400. The highest BCUT2D eigenvalue weighted by Crippen LogP contribution is 2.25. The van der Waals surface area contributed by atoms with Gasteiger partial charge in [0.2, 0.25) is 0 Å². The van der Waals surface area contributed by atoms with Crippen molar-refractivity contribution in [1.82, 2.24) is 10.2 Å². The molecule has 0 unspecified atom stereocenters. The maximum absolute atomic E-state index is 11.3. The van der Waals surface area contributed by atoms with Crippen molar-refractivity contribution in [3.8, 4) is 0 Å². The van der Waals surface area contributed by atoms with Gasteiger partial charge in [0.1, 0.15) is 0 Å². The molecule has 0 spiro atoms. The molecule has 0 heterocycles. The molecular weight excluding hydrogens is 360 g/mol. The van der Waals surface area contributed by atoms with E-state index in [4.69, 9.17) is 18.0 Å². The Morgan fingerprint density at radius 2 is 1.96 bits per heavy atom. The van der Waals surface area contributed by atoms with Gasteiger partial charge in [-0.15, -0.1) is 0 Å². The van der Waals surface area contributed by atoms with Crippen LogP contribution < -0.4 is 16.0 Å². The van der Waals surface area contributed by atoms with Crippen molar-refractivity contribution in [3.63, 3.8) is 0 Å². The first kappa shape index (κ1) is 22.9. The van der Waals surface area contributed by atoms with Gasteiger partial charge in [0.15, 0.2) is 5.11 Å². The summed E-state index contributed by atoms with van der Waals surface area (Å²) in [5, 5.41) is 3.96. The van der Waals surface area contributed by atoms with Gasteiger partial charge in [0.05, 0.1) is 18.5 Å². The maximum atomic E-state index is 11.3. The molecule has 0 saturated heterocycles. The first-order chi connectivity index (χ1) is 13.0. The number of nitrogens with one attached hydrogen (secondary N) is 1. The molecule has 0 bridgehead atoms. The summed E-state index contributed by atoms with van der Waals surface area (Å²) >= 11 is 5.61. The van der Waals surface area contributed by atoms with E-state index in [1.54, 1.807) is 6.08 Å². The predicted molar refractivity (Wildman–Crippen MR) is 118 cm³/mol. The van der Waals surface area contributed by atoms with E-state index in [0.29, 0.717) is 10.8 Å². The number of carbonyl (C=O) groups excluding carboxylic acids is 1. The summed E-state index contributed by atoms with van der Waals surface area (Å²) in [6.45, 7) is 10.9. The number of benzene rings is 1. The van der Waals surface area contributed by atoms with Crippen LogP contribution in [0.2, 0.25) is 0 Å². The first-order valence-corrected chi connectivity index (χ1v) is 9.80. The molecule has 0 aliphatic carbocycles. The topological polar surface area (TPSA) is 70.8 Å². The van der Waals surface area contributed by atoms with E-state index < -0.39 is 5.97 Å². The van der Waals surface area contributed by atoms with E-state index in [1.807, 2.05) is 23.1 Å². The molecule has 1 aromatic rings. The lowest BCUT2D eigenvalue weighted by atomic mass is 10.1. The van der Waals surface area contributed by atoms with Crippen LogP contribution in [0.4, 0.5) is 11.4 Å². The Kier molecular flexibility index (Phi) is 10.4. The van der Waals surface area contributed by atoms with Crippen LogP contribution in [0.3, 0.4) is 0 Å². The lowest BCUT2D eigenvalue weighted by Gasteiger charge is -2.30. The summed E-state index contributed by atoms with van der Waals surface area (Å²) in [5.41, 5.74) is 8.62. The second kappa shape index (κ2) is 12.3. The van der Waals surface area contributed by atoms with Crippen molar-refractivity contribution in [3.05, 3.63) is 29.8 Å². The molecule has 0 aliphatic heterocycles. The normalized spacial score (nSPS) is 11.0. The number of carbonyl (C=O) groups is 1. The molecular formula is C20H32N4O2S. The SMILES string of the molecule is CCCNC(=S)N(CCN(CC)CC)c1ccc(/C=C/C(=O)OC)cc1N. The zero-order valence-electron chi connectivity index (χ0n) is 16.8. The number of anilines is 2. The largest absolute Gasteiger partial charge is 0.466 e. The molecule has 1 aromatic carbocycles. The second-order valence-electron chi connectivity index (χ2n) is 6.09. The molecule has 150 valence electrons. The number of nitrogens with two attached hydrogens (primary N) is 1. The summed E-state index contributed by atoms with van der Waals surface area (Å²) in [6.07, 6.45) is 4.05. The second-order valence-corrected chi connectivity index (χ2v) is 6.47. The molecule has 0 saturated carbocycles. The van der Waals surface area contributed by atoms with Crippen LogP contribution in [0.25, 0.3) is 6.08 Å². The minimum absolute atomic E-state index is 0.400. The number of esters is 1. The van der Waals surface area contributed by atoms with Gasteiger partial charge in [-0.05, 0) is 55.5 Å². The van der Waals surface area contributed by atoms with E-state index >= 15 is 0 Å². The number of ether oxygens (including phenoxy) is 1. The molecule has 27 heavy (non-hydrogen) atoms. The van der Waals surface area contributed by atoms with Crippen LogP contribution >= 0.6 is 12.2 Å². The predicted octanol–water partition coefficient (Wildman–Crippen LogP) is 2.89. The zero-order chi connectivity index (χ0) is 20.2. The molecule has 0 amide bonds. The highest BCUT2D eigenvalue weighted by atomic mass is 32.1. The molecule has 6 nitrogen and oxygen atoms in total. The summed E-state index contributed by atoms with van der Waals surface area (Å²) in [6, 6.07) is 5.69. The molecule has 0 atom stereocenters. The fourth-order valence-corrected chi connectivity index (χ4v) is 2.89. The van der Waals surface area contributed by atoms with E-state index in [-0.39, 0.29) is 0 Å². The Morgan fingerprint density at radius 1 is 1.26 bits per heavy atom. The van der Waals surface area contributed by atoms with Gasteiger partial charge in [-0.2, -0.15) is 0 Å². The smallest absolute Gasteiger partial charge is 0.330 e. The van der Waals surface area contributed by atoms with Crippen molar-refractivity contribution < 1.29 is 9.53 Å². The average Bonchev–Trinajstić information content (AvgIpc) is 2.68. The van der Waals surface area contributed by atoms with Gasteiger partial charge in [0, 0.05) is 25.7 Å². The summed E-state index contributed by atoms with van der Waals surface area (Å²) in [7, 11) is 1.35. The third-order valence-electron chi connectivity index (χ3n) is 4.26. The van der Waals surface area contributed by atoms with E-state index in [2.05, 4.69) is 35.7 Å². The van der Waals surface area contributed by atoms with Crippen LogP contribution in [-0.4, -0.2) is 55.8 Å². The fraction of sp³-hybridized carbons (Fsp3) is 0.500. The number of hydrogen-bond acceptors (Lipinski definition) is 5. The van der Waals surface area contributed by atoms with Crippen LogP contribution in [0, 0.1) is 0 Å². The zero-order valence-corrected chi connectivity index (χ0v) is 17.6. The minimum Gasteiger partial charge on any atom is -0.466 e. The van der Waals surface area contributed by atoms with Crippen molar-refractivity contribution in [2.24, 2.45) is 0 Å². The number of nitrogen functional groups attached to an aromatic ring is 1. The lowest BCUT2D eigenvalue weighted by Crippen LogP contribution is -2.44. The van der Waals surface area contributed by atoms with Gasteiger partial charge < -0.3 is 25.6 Å². The van der Waals surface area contributed by atoms with Gasteiger partial charge >= 0.3 is 5.97 Å². The number of likely N-dealkylation sites (N-methyl/N-ethyl adjacent to an activating group) is 1. The number of thiocarbonyl (C=S) groups is 1. The number of hydrogen-bond donors (Lipinski definition) is 2. The van der Waals surface area contributed by atoms with Gasteiger partial charge in [-0.3, -0.25) is 0 Å². The first-order valence-electron chi connectivity index (χ1n) is 9.40. The third-order valence-corrected chi connectivity index (χ3v) is 4.63. The van der Waals surface area contributed by atoms with Gasteiger partial charge in [0.25, 0.3) is 0 Å². The minimum atomic E-state index is -0.400. The van der Waals surface area contributed by atoms with E-state index in [0.717, 1.165) is 50.4 Å². The highest BCUT2D eigenvalue weighted by molar-refractivity contribution is 7.80. The Morgan fingerprint density at radius 3 is 2.52 bits per heavy atom. The Balaban J connectivity index is 3.03. The quantitative estimate of drug-likeness (QED) is 0.275. The third kappa shape index (κ3) is 7.56. The monoisotopic (exact) mass is 392 g/mol. The van der Waals surface area contributed by atoms with Gasteiger partial charge in [-0.25, -0.2) is 4.79 Å². The van der Waals surface area contributed by atoms with Crippen molar-refractivity contribution in [1.29, 1.82) is 0 Å². The summed E-state index contributed by atoms with van der Waals surface area (Å²) < 4.78 is 4.61. The maximum Gasteiger partial charge on any atom is 0.330 e. The fourth-order valence-electron chi connectivity index (χ4n) is 2.59. The van der Waals surface area contributed by atoms with Gasteiger partial charge in [-0.1, -0.05) is 26.8 Å². The van der Waals surface area contributed by atoms with E-state index in [1.165, 1.54) is 13.2 Å². The lowest BCUT2D eigenvalue weighted by molar-refractivity contribution is -0.134. The molecule has 0 fully saturated rings. The Bertz CT molecular complexity index is 645. The van der Waals surface area contributed by atoms with Crippen molar-refractivity contribution >= 4 is 40.8 Å². The molecule has 7 heteroatoms. The Labute approximate surface area is 168 Å². The number of nitrogens with zero attached hydrogens (tertiary/aromatic N) is 2. The highest BCUT2D eigenvalue weighted by Gasteiger charge is 2.16. The Hall–Kier alpha value is -2.12. The molecule has 0 aliphatic rings. The van der Waals surface area contributed by atoms with Crippen molar-refractivity contribution in [2.45, 2.75) is 27.2 Å². The van der Waals surface area contributed by atoms with Crippen LogP contribution in [0.1, 0.15) is 32.8 Å². The molecule has 0 radical (unpaired) electrons. The van der Waals surface area contributed by atoms with Crippen molar-refractivity contribution in [2.75, 3.05) is 50.5 Å². The van der Waals surface area contributed by atoms with E-state index in [9.17, 15) is 4.79 Å². The van der Waals surface area contributed by atoms with Crippen LogP contribution in [-0.2, 0) is 9.53 Å². The standard InChI is InChI=1S/C20H32N4O2S/c1-5-12-22-20(27)24(14-13-23(6-2)7-3)18-10-8-16(15-17(18)21)9-11-19(25)26-4/h8-11,15H,5-7,12-14,21H2,1-4H3,(H,22,27)/b11-9+. The van der Waals surface area contributed by atoms with Crippen LogP contribution in [0.5, 0.6) is 0 Å². The summed E-state index contributed by atoms with van der Waals surface area (Å²) in [4.78, 5) is 15.7. The number of methoxy groups -OCH3 is 1. The molecule has 0 aromatic heterocycles.